The molecule has 0 bridgehead atoms. The molecule has 0 radical (unpaired) electrons. The zero-order chi connectivity index (χ0) is 15.3. The second kappa shape index (κ2) is 6.84. The summed E-state index contributed by atoms with van der Waals surface area (Å²) in [5.41, 5.74) is 0.801. The van der Waals surface area contributed by atoms with Gasteiger partial charge in [0.05, 0.1) is 6.54 Å². The van der Waals surface area contributed by atoms with Crippen LogP contribution in [0.2, 0.25) is 0 Å². The molecule has 2 N–H and O–H groups in total. The third-order valence-corrected chi connectivity index (χ3v) is 4.46. The molecule has 0 saturated carbocycles. The molecule has 0 aromatic carbocycles. The molecule has 0 unspecified atom stereocenters. The van der Waals surface area contributed by atoms with Gasteiger partial charge < -0.3 is 9.73 Å². The first-order valence-electron chi connectivity index (χ1n) is 6.71. The molecular formula is C14H19N3O3S. The number of nitrogens with zero attached hydrogens (tertiary/aromatic N) is 1. The Morgan fingerprint density at radius 2 is 2.14 bits per heavy atom. The minimum absolute atomic E-state index is 0.180. The lowest BCUT2D eigenvalue weighted by atomic mass is 10.3. The Kier molecular flexibility index (Phi) is 5.11. The van der Waals surface area contributed by atoms with Crippen LogP contribution in [0.1, 0.15) is 24.0 Å². The average Bonchev–Trinajstić information content (AvgIpc) is 2.86. The van der Waals surface area contributed by atoms with E-state index in [1.54, 1.807) is 31.5 Å². The van der Waals surface area contributed by atoms with E-state index in [2.05, 4.69) is 15.0 Å². The molecule has 2 aromatic rings. The number of hydrogen-bond donors (Lipinski definition) is 2. The number of pyridine rings is 1. The lowest BCUT2D eigenvalue weighted by Crippen LogP contribution is -2.23. The van der Waals surface area contributed by atoms with Crippen molar-refractivity contribution < 1.29 is 12.8 Å². The van der Waals surface area contributed by atoms with Crippen LogP contribution in [0.3, 0.4) is 0 Å². The number of rotatable bonds is 7. The second-order valence-corrected chi connectivity index (χ2v) is 6.33. The Morgan fingerprint density at radius 1 is 1.33 bits per heavy atom. The molecule has 0 aliphatic rings. The van der Waals surface area contributed by atoms with E-state index in [1.807, 2.05) is 13.0 Å². The maximum absolute atomic E-state index is 12.3. The first-order chi connectivity index (χ1) is 10.0. The van der Waals surface area contributed by atoms with E-state index in [1.165, 1.54) is 0 Å². The van der Waals surface area contributed by atoms with Gasteiger partial charge in [-0.1, -0.05) is 13.0 Å². The molecule has 0 saturated heterocycles. The van der Waals surface area contributed by atoms with Crippen molar-refractivity contribution in [3.63, 3.8) is 0 Å². The van der Waals surface area contributed by atoms with Gasteiger partial charge in [-0.05, 0) is 25.1 Å². The van der Waals surface area contributed by atoms with E-state index in [0.29, 0.717) is 18.1 Å². The van der Waals surface area contributed by atoms with Crippen molar-refractivity contribution in [2.24, 2.45) is 0 Å². The maximum atomic E-state index is 12.3. The number of sulfonamides is 1. The van der Waals surface area contributed by atoms with Crippen LogP contribution in [-0.4, -0.2) is 19.9 Å². The van der Waals surface area contributed by atoms with Crippen molar-refractivity contribution in [3.8, 4) is 0 Å². The van der Waals surface area contributed by atoms with Gasteiger partial charge in [0.2, 0.25) is 10.0 Å². The molecule has 2 heterocycles. The van der Waals surface area contributed by atoms with Gasteiger partial charge in [0, 0.05) is 25.0 Å². The van der Waals surface area contributed by atoms with Crippen LogP contribution >= 0.6 is 0 Å². The number of furan rings is 1. The van der Waals surface area contributed by atoms with Crippen LogP contribution in [0.15, 0.2) is 39.9 Å². The minimum atomic E-state index is -3.59. The van der Waals surface area contributed by atoms with Gasteiger partial charge in [0.15, 0.2) is 0 Å². The highest BCUT2D eigenvalue weighted by Crippen LogP contribution is 2.20. The molecular weight excluding hydrogens is 290 g/mol. The first kappa shape index (κ1) is 15.7. The molecule has 0 aliphatic carbocycles. The fourth-order valence-electron chi connectivity index (χ4n) is 1.89. The summed E-state index contributed by atoms with van der Waals surface area (Å²) >= 11 is 0. The largest absolute Gasteiger partial charge is 0.464 e. The van der Waals surface area contributed by atoms with E-state index >= 15 is 0 Å². The van der Waals surface area contributed by atoms with Crippen molar-refractivity contribution in [3.05, 3.63) is 47.7 Å². The van der Waals surface area contributed by atoms with E-state index in [-0.39, 0.29) is 11.4 Å². The standard InChI is InChI=1S/C14H19N3O3S/c1-3-15-10-13-7-14(11(2)20-13)21(18,19)17-9-12-5-4-6-16-8-12/h4-8,15,17H,3,9-10H2,1-2H3. The zero-order valence-corrected chi connectivity index (χ0v) is 12.9. The fraction of sp³-hybridized carbons (Fsp3) is 0.357. The molecule has 0 fully saturated rings. The van der Waals surface area contributed by atoms with Gasteiger partial charge in [-0.2, -0.15) is 0 Å². The lowest BCUT2D eigenvalue weighted by Gasteiger charge is -2.05. The third kappa shape index (κ3) is 4.13. The first-order valence-corrected chi connectivity index (χ1v) is 8.20. The summed E-state index contributed by atoms with van der Waals surface area (Å²) < 4.78 is 32.6. The molecule has 2 aromatic heterocycles. The highest BCUT2D eigenvalue weighted by atomic mass is 32.2. The number of aryl methyl sites for hydroxylation is 1. The average molecular weight is 309 g/mol. The third-order valence-electron chi connectivity index (χ3n) is 2.95. The predicted octanol–water partition coefficient (Wildman–Crippen LogP) is 1.57. The molecule has 0 aliphatic heterocycles. The zero-order valence-electron chi connectivity index (χ0n) is 12.1. The maximum Gasteiger partial charge on any atom is 0.244 e. The van der Waals surface area contributed by atoms with Crippen molar-refractivity contribution in [1.29, 1.82) is 0 Å². The van der Waals surface area contributed by atoms with E-state index in [0.717, 1.165) is 12.1 Å². The van der Waals surface area contributed by atoms with E-state index < -0.39 is 10.0 Å². The molecule has 0 spiro atoms. The monoisotopic (exact) mass is 309 g/mol. The summed E-state index contributed by atoms with van der Waals surface area (Å²) in [6.45, 7) is 5.12. The SMILES string of the molecule is CCNCc1cc(S(=O)(=O)NCc2cccnc2)c(C)o1. The van der Waals surface area contributed by atoms with Crippen molar-refractivity contribution >= 4 is 10.0 Å². The molecule has 7 heteroatoms. The van der Waals surface area contributed by atoms with Crippen LogP contribution in [0.25, 0.3) is 0 Å². The van der Waals surface area contributed by atoms with Gasteiger partial charge >= 0.3 is 0 Å². The van der Waals surface area contributed by atoms with Crippen molar-refractivity contribution in [2.45, 2.75) is 31.8 Å². The van der Waals surface area contributed by atoms with Gasteiger partial charge in [-0.15, -0.1) is 0 Å². The Balaban J connectivity index is 2.10. The molecule has 114 valence electrons. The van der Waals surface area contributed by atoms with E-state index in [9.17, 15) is 8.42 Å². The molecule has 2 rings (SSSR count). The Hall–Kier alpha value is -1.70. The summed E-state index contributed by atoms with van der Waals surface area (Å²) in [6, 6.07) is 5.14. The molecule has 0 amide bonds. The minimum Gasteiger partial charge on any atom is -0.464 e. The van der Waals surface area contributed by atoms with Gasteiger partial charge in [-0.25, -0.2) is 13.1 Å². The summed E-state index contributed by atoms with van der Waals surface area (Å²) in [5.74, 6) is 0.998. The van der Waals surface area contributed by atoms with Crippen LogP contribution in [0.5, 0.6) is 0 Å². The van der Waals surface area contributed by atoms with Crippen molar-refractivity contribution in [1.82, 2.24) is 15.0 Å². The van der Waals surface area contributed by atoms with Gasteiger partial charge in [0.1, 0.15) is 16.4 Å². The van der Waals surface area contributed by atoms with Crippen LogP contribution < -0.4 is 10.0 Å². The molecule has 0 atom stereocenters. The molecule has 6 nitrogen and oxygen atoms in total. The Bertz CT molecular complexity index is 681. The lowest BCUT2D eigenvalue weighted by molar-refractivity contribution is 0.460. The van der Waals surface area contributed by atoms with Crippen LogP contribution in [-0.2, 0) is 23.1 Å². The number of hydrogen-bond acceptors (Lipinski definition) is 5. The highest BCUT2D eigenvalue weighted by Gasteiger charge is 2.21. The highest BCUT2D eigenvalue weighted by molar-refractivity contribution is 7.89. The number of aromatic nitrogens is 1. The number of nitrogens with one attached hydrogen (secondary N) is 2. The summed E-state index contributed by atoms with van der Waals surface area (Å²) in [6.07, 6.45) is 3.27. The van der Waals surface area contributed by atoms with Crippen LogP contribution in [0.4, 0.5) is 0 Å². The summed E-state index contributed by atoms with van der Waals surface area (Å²) in [5, 5.41) is 3.10. The van der Waals surface area contributed by atoms with Gasteiger partial charge in [-0.3, -0.25) is 4.98 Å². The smallest absolute Gasteiger partial charge is 0.244 e. The summed E-state index contributed by atoms with van der Waals surface area (Å²) in [7, 11) is -3.59. The fourth-order valence-corrected chi connectivity index (χ4v) is 3.10. The van der Waals surface area contributed by atoms with E-state index in [4.69, 9.17) is 4.42 Å². The quantitative estimate of drug-likeness (QED) is 0.811. The normalized spacial score (nSPS) is 11.7. The topological polar surface area (TPSA) is 84.2 Å². The Labute approximate surface area is 124 Å². The van der Waals surface area contributed by atoms with Gasteiger partial charge in [0.25, 0.3) is 0 Å². The molecule has 21 heavy (non-hydrogen) atoms. The summed E-state index contributed by atoms with van der Waals surface area (Å²) in [4.78, 5) is 4.13. The van der Waals surface area contributed by atoms with Crippen LogP contribution in [0, 0.1) is 6.92 Å². The Morgan fingerprint density at radius 3 is 2.81 bits per heavy atom. The predicted molar refractivity (Wildman–Crippen MR) is 79.1 cm³/mol. The van der Waals surface area contributed by atoms with Crippen molar-refractivity contribution in [2.75, 3.05) is 6.54 Å². The second-order valence-electron chi connectivity index (χ2n) is 4.60.